The summed E-state index contributed by atoms with van der Waals surface area (Å²) >= 11 is 0. The molecule has 0 aliphatic carbocycles. The molecular weight excluding hydrogens is 335 g/mol. The zero-order valence-corrected chi connectivity index (χ0v) is 16.3. The maximum Gasteiger partial charge on any atom is 1.00 e. The molecule has 0 bridgehead atoms. The second-order valence-electron chi connectivity index (χ2n) is 5.04. The smallest absolute Gasteiger partial charge is 0.776 e. The Morgan fingerprint density at radius 3 is 1.95 bits per heavy atom. The van der Waals surface area contributed by atoms with Crippen molar-refractivity contribution in [3.63, 3.8) is 0 Å². The Kier molecular flexibility index (Phi) is 10.3. The van der Waals surface area contributed by atoms with E-state index in [4.69, 9.17) is 14.7 Å². The van der Waals surface area contributed by atoms with E-state index in [9.17, 15) is 24.3 Å². The van der Waals surface area contributed by atoms with Crippen LogP contribution in [0, 0.1) is 5.21 Å². The first-order valence-electron chi connectivity index (χ1n) is 6.14. The van der Waals surface area contributed by atoms with Gasteiger partial charge in [-0.1, -0.05) is 13.3 Å². The fourth-order valence-electron chi connectivity index (χ4n) is 1.65. The van der Waals surface area contributed by atoms with Crippen molar-refractivity contribution in [1.29, 1.82) is 0 Å². The Hall–Kier alpha value is 1.18. The van der Waals surface area contributed by atoms with Crippen LogP contribution in [0.3, 0.4) is 0 Å². The van der Waals surface area contributed by atoms with Gasteiger partial charge in [-0.25, -0.2) is 0 Å². The maximum absolute atomic E-state index is 12.0. The van der Waals surface area contributed by atoms with E-state index in [1.165, 1.54) is 7.05 Å². The van der Waals surface area contributed by atoms with Crippen molar-refractivity contribution in [1.82, 2.24) is 0 Å². The molecule has 0 rings (SSSR count). The minimum Gasteiger partial charge on any atom is -0.776 e. The second-order valence-corrected chi connectivity index (χ2v) is 9.00. The molecule has 12 heteroatoms. The third kappa shape index (κ3) is 7.52. The molecule has 3 unspecified atom stereocenters. The van der Waals surface area contributed by atoms with Crippen LogP contribution in [-0.4, -0.2) is 49.7 Å². The molecule has 4 N–H and O–H groups in total. The van der Waals surface area contributed by atoms with Crippen molar-refractivity contribution in [3.8, 4) is 0 Å². The summed E-state index contributed by atoms with van der Waals surface area (Å²) in [6, 6.07) is 0. The molecule has 3 atom stereocenters. The van der Waals surface area contributed by atoms with Crippen LogP contribution in [0.4, 0.5) is 0 Å². The molecule has 0 aromatic carbocycles. The van der Waals surface area contributed by atoms with Crippen LogP contribution >= 0.6 is 15.2 Å². The van der Waals surface area contributed by atoms with Crippen molar-refractivity contribution in [2.24, 2.45) is 0 Å². The first-order valence-corrected chi connectivity index (χ1v) is 9.33. The number of unbranched alkanes of at least 4 members (excludes halogenated alkanes) is 2. The summed E-state index contributed by atoms with van der Waals surface area (Å²) in [6.45, 7) is 1.51. The summed E-state index contributed by atoms with van der Waals surface area (Å²) < 4.78 is 21.1. The molecule has 0 amide bonds. The molecule has 0 fully saturated rings. The average molecular weight is 357 g/mol. The van der Waals surface area contributed by atoms with Gasteiger partial charge >= 0.3 is 37.2 Å². The quantitative estimate of drug-likeness (QED) is 0.111. The van der Waals surface area contributed by atoms with E-state index in [2.05, 4.69) is 0 Å². The van der Waals surface area contributed by atoms with E-state index in [-0.39, 0.29) is 36.1 Å². The number of rotatable bonds is 9. The number of hydroxylamine groups is 3. The van der Waals surface area contributed by atoms with E-state index in [1.807, 2.05) is 6.92 Å². The minimum absolute atomic E-state index is 0. The summed E-state index contributed by atoms with van der Waals surface area (Å²) in [5.41, 5.74) is 0. The monoisotopic (exact) mass is 357 g/mol. The van der Waals surface area contributed by atoms with Gasteiger partial charge in [-0.15, -0.1) is 0 Å². The predicted octanol–water partition coefficient (Wildman–Crippen LogP) is -3.12. The van der Waals surface area contributed by atoms with Crippen LogP contribution in [0.2, 0.25) is 0 Å². The van der Waals surface area contributed by atoms with E-state index in [0.717, 1.165) is 12.8 Å². The predicted molar refractivity (Wildman–Crippen MR) is 70.2 cm³/mol. The van der Waals surface area contributed by atoms with Gasteiger partial charge in [0, 0.05) is 6.42 Å². The Morgan fingerprint density at radius 2 is 1.62 bits per heavy atom. The van der Waals surface area contributed by atoms with Crippen molar-refractivity contribution >= 4 is 15.2 Å². The third-order valence-electron chi connectivity index (χ3n) is 3.07. The number of hydrogen-bond acceptors (Lipinski definition) is 5. The Morgan fingerprint density at radius 1 is 1.14 bits per heavy atom. The van der Waals surface area contributed by atoms with Gasteiger partial charge in [0.15, 0.2) is 7.60 Å². The second kappa shape index (κ2) is 8.87. The number of quaternary nitrogens is 1. The summed E-state index contributed by atoms with van der Waals surface area (Å²) in [6.07, 6.45) is 1.19. The van der Waals surface area contributed by atoms with Crippen LogP contribution in [0.15, 0.2) is 0 Å². The topological polar surface area (TPSA) is 161 Å². The SMILES string of the molecule is CCCCC[N+](C)([O-])CCC(O)(P(=O)([O-])O)P(=O)(O)O.[Na+]. The molecule has 0 saturated carbocycles. The van der Waals surface area contributed by atoms with Crippen LogP contribution < -0.4 is 34.5 Å². The molecule has 0 heterocycles. The van der Waals surface area contributed by atoms with E-state index >= 15 is 0 Å². The molecule has 0 saturated heterocycles. The van der Waals surface area contributed by atoms with Gasteiger partial charge in [0.1, 0.15) is 0 Å². The van der Waals surface area contributed by atoms with E-state index < -0.39 is 37.9 Å². The molecule has 0 aliphatic heterocycles. The zero-order valence-electron chi connectivity index (χ0n) is 12.5. The van der Waals surface area contributed by atoms with Crippen molar-refractivity contribution < 1.29 is 68.0 Å². The molecule has 0 spiro atoms. The number of nitrogens with zero attached hydrogens (tertiary/aromatic N) is 1. The van der Waals surface area contributed by atoms with E-state index in [1.54, 1.807) is 0 Å². The fourth-order valence-corrected chi connectivity index (χ4v) is 3.74. The largest absolute Gasteiger partial charge is 1.00 e. The summed E-state index contributed by atoms with van der Waals surface area (Å²) in [5.74, 6) is 0. The van der Waals surface area contributed by atoms with E-state index in [0.29, 0.717) is 6.42 Å². The molecule has 122 valence electrons. The standard InChI is InChI=1S/C9H23NO8P2.Na/c1-3-4-5-7-10(2,12)8-6-9(11,19(13,14)15)20(16,17)18;/h11H,3-8H2,1-2H3,(H2,13,14,15)(H2,16,17,18);/q;+1/p-1. The van der Waals surface area contributed by atoms with Crippen molar-refractivity contribution in [2.75, 3.05) is 20.1 Å². The van der Waals surface area contributed by atoms with Gasteiger partial charge in [0.05, 0.1) is 20.1 Å². The molecule has 0 aromatic heterocycles. The van der Waals surface area contributed by atoms with Gasteiger partial charge < -0.3 is 39.1 Å². The van der Waals surface area contributed by atoms with Crippen LogP contribution in [0.5, 0.6) is 0 Å². The molecule has 21 heavy (non-hydrogen) atoms. The Labute approximate surface area is 146 Å². The van der Waals surface area contributed by atoms with Crippen LogP contribution in [0.1, 0.15) is 32.6 Å². The maximum atomic E-state index is 12.0. The van der Waals surface area contributed by atoms with Gasteiger partial charge in [0.25, 0.3) is 0 Å². The molecule has 0 radical (unpaired) electrons. The Balaban J connectivity index is 0. The third-order valence-corrected chi connectivity index (χ3v) is 6.90. The molecule has 9 nitrogen and oxygen atoms in total. The molecular formula is C9H22NNaO8P2. The van der Waals surface area contributed by atoms with Crippen molar-refractivity contribution in [2.45, 2.75) is 37.7 Å². The zero-order chi connectivity index (χ0) is 16.2. The number of hydrogen-bond donors (Lipinski definition) is 4. The van der Waals surface area contributed by atoms with Crippen LogP contribution in [-0.2, 0) is 9.13 Å². The van der Waals surface area contributed by atoms with Gasteiger partial charge in [-0.3, -0.25) is 4.57 Å². The first-order chi connectivity index (χ1) is 8.77. The Bertz CT molecular complexity index is 385. The number of aliphatic hydroxyl groups is 1. The average Bonchev–Trinajstić information content (AvgIpc) is 2.23. The molecule has 0 aliphatic rings. The first kappa shape index (κ1) is 24.4. The fraction of sp³-hybridized carbons (Fsp3) is 1.00. The van der Waals surface area contributed by atoms with Gasteiger partial charge in [-0.05, 0) is 12.8 Å². The molecule has 0 aromatic rings. The normalized spacial score (nSPS) is 20.8. The minimum atomic E-state index is -5.73. The van der Waals surface area contributed by atoms with Crippen LogP contribution in [0.25, 0.3) is 0 Å². The summed E-state index contributed by atoms with van der Waals surface area (Å²) in [7, 11) is -10.1. The van der Waals surface area contributed by atoms with Gasteiger partial charge in [0.2, 0.25) is 5.08 Å². The van der Waals surface area contributed by atoms with Crippen molar-refractivity contribution in [3.05, 3.63) is 5.21 Å². The summed E-state index contributed by atoms with van der Waals surface area (Å²) in [5, 5.41) is 17.9. The summed E-state index contributed by atoms with van der Waals surface area (Å²) in [4.78, 5) is 37.6. The van der Waals surface area contributed by atoms with Gasteiger partial charge in [-0.2, -0.15) is 0 Å².